The number of hydrogen-bond donors (Lipinski definition) is 1. The van der Waals surface area contributed by atoms with Crippen LogP contribution in [0.5, 0.6) is 0 Å². The van der Waals surface area contributed by atoms with Gasteiger partial charge in [0.25, 0.3) is 5.69 Å². The molecule has 0 saturated carbocycles. The summed E-state index contributed by atoms with van der Waals surface area (Å²) in [5.74, 6) is -0.675. The van der Waals surface area contributed by atoms with Crippen molar-refractivity contribution in [2.75, 3.05) is 5.32 Å². The van der Waals surface area contributed by atoms with E-state index in [1.807, 2.05) is 13.8 Å². The molecule has 0 atom stereocenters. The second-order valence-electron chi connectivity index (χ2n) is 4.35. The molecule has 0 fully saturated rings. The molecule has 0 aliphatic rings. The Labute approximate surface area is 109 Å². The first-order valence-corrected chi connectivity index (χ1v) is 5.72. The normalized spacial score (nSPS) is 10.7. The molecule has 19 heavy (non-hydrogen) atoms. The first-order valence-electron chi connectivity index (χ1n) is 5.72. The van der Waals surface area contributed by atoms with E-state index in [1.54, 1.807) is 17.1 Å². The Morgan fingerprint density at radius 3 is 2.74 bits per heavy atom. The van der Waals surface area contributed by atoms with Crippen molar-refractivity contribution >= 4 is 17.1 Å². The van der Waals surface area contributed by atoms with Crippen LogP contribution in [0.2, 0.25) is 0 Å². The third-order valence-electron chi connectivity index (χ3n) is 2.57. The van der Waals surface area contributed by atoms with Gasteiger partial charge in [0, 0.05) is 18.3 Å². The number of nitro benzene ring substituents is 1. The summed E-state index contributed by atoms with van der Waals surface area (Å²) in [6.45, 7) is 3.95. The largest absolute Gasteiger partial charge is 0.351 e. The van der Waals surface area contributed by atoms with Crippen molar-refractivity contribution in [2.24, 2.45) is 0 Å². The molecule has 1 N–H and O–H groups in total. The summed E-state index contributed by atoms with van der Waals surface area (Å²) in [7, 11) is 0. The van der Waals surface area contributed by atoms with Gasteiger partial charge in [0.15, 0.2) is 5.82 Å². The van der Waals surface area contributed by atoms with E-state index >= 15 is 0 Å². The van der Waals surface area contributed by atoms with Crippen molar-refractivity contribution in [1.29, 1.82) is 0 Å². The minimum atomic E-state index is -0.675. The van der Waals surface area contributed by atoms with Crippen molar-refractivity contribution in [3.05, 3.63) is 46.5 Å². The number of rotatable bonds is 4. The average Bonchev–Trinajstić information content (AvgIpc) is 2.80. The van der Waals surface area contributed by atoms with Crippen LogP contribution in [0.3, 0.4) is 0 Å². The third kappa shape index (κ3) is 2.87. The lowest BCUT2D eigenvalue weighted by Gasteiger charge is -2.05. The van der Waals surface area contributed by atoms with Gasteiger partial charge in [0.1, 0.15) is 0 Å². The second kappa shape index (κ2) is 5.05. The van der Waals surface area contributed by atoms with Gasteiger partial charge in [-0.05, 0) is 19.9 Å². The molecule has 1 aromatic heterocycles. The zero-order chi connectivity index (χ0) is 14.0. The van der Waals surface area contributed by atoms with E-state index in [9.17, 15) is 14.5 Å². The molecule has 2 aromatic rings. The number of nitrogens with zero attached hydrogens (tertiary/aromatic N) is 3. The Hall–Kier alpha value is -2.44. The van der Waals surface area contributed by atoms with Gasteiger partial charge in [0.2, 0.25) is 0 Å². The van der Waals surface area contributed by atoms with Gasteiger partial charge < -0.3 is 5.32 Å². The molecule has 0 aliphatic heterocycles. The van der Waals surface area contributed by atoms with Crippen molar-refractivity contribution in [3.8, 4) is 0 Å². The molecule has 6 nitrogen and oxygen atoms in total. The second-order valence-corrected chi connectivity index (χ2v) is 4.35. The van der Waals surface area contributed by atoms with Crippen LogP contribution in [0.25, 0.3) is 0 Å². The number of nitrogens with one attached hydrogen (secondary N) is 1. The molecule has 100 valence electrons. The number of nitro groups is 1. The number of halogens is 1. The topological polar surface area (TPSA) is 73.0 Å². The lowest BCUT2D eigenvalue weighted by Crippen LogP contribution is -2.00. The van der Waals surface area contributed by atoms with Gasteiger partial charge in [-0.1, -0.05) is 0 Å². The van der Waals surface area contributed by atoms with Gasteiger partial charge in [-0.15, -0.1) is 0 Å². The van der Waals surface area contributed by atoms with Gasteiger partial charge in [0.05, 0.1) is 28.6 Å². The molecular formula is C12H13FN4O2. The minimum Gasteiger partial charge on any atom is -0.351 e. The first-order chi connectivity index (χ1) is 8.97. The monoisotopic (exact) mass is 264 g/mol. The van der Waals surface area contributed by atoms with Crippen molar-refractivity contribution in [2.45, 2.75) is 19.9 Å². The van der Waals surface area contributed by atoms with Gasteiger partial charge in [-0.3, -0.25) is 14.8 Å². The Morgan fingerprint density at radius 1 is 1.47 bits per heavy atom. The van der Waals surface area contributed by atoms with Crippen molar-refractivity contribution < 1.29 is 9.31 Å². The number of hydrogen-bond acceptors (Lipinski definition) is 4. The van der Waals surface area contributed by atoms with E-state index < -0.39 is 10.7 Å². The molecule has 2 rings (SSSR count). The molecule has 0 saturated heterocycles. The molecule has 7 heteroatoms. The molecule has 0 unspecified atom stereocenters. The maximum atomic E-state index is 13.7. The third-order valence-corrected chi connectivity index (χ3v) is 2.57. The predicted octanol–water partition coefficient (Wildman–Crippen LogP) is 3.25. The molecule has 1 aromatic carbocycles. The van der Waals surface area contributed by atoms with Gasteiger partial charge in [-0.2, -0.15) is 5.10 Å². The minimum absolute atomic E-state index is 0.175. The summed E-state index contributed by atoms with van der Waals surface area (Å²) >= 11 is 0. The fraction of sp³-hybridized carbons (Fsp3) is 0.250. The Morgan fingerprint density at radius 2 is 2.21 bits per heavy atom. The van der Waals surface area contributed by atoms with E-state index in [4.69, 9.17) is 0 Å². The van der Waals surface area contributed by atoms with Crippen LogP contribution in [0.4, 0.5) is 21.5 Å². The smallest absolute Gasteiger partial charge is 0.272 e. The maximum Gasteiger partial charge on any atom is 0.272 e. The van der Waals surface area contributed by atoms with Crippen molar-refractivity contribution in [3.63, 3.8) is 0 Å². The number of anilines is 2. The van der Waals surface area contributed by atoms with Crippen LogP contribution in [0.1, 0.15) is 19.9 Å². The van der Waals surface area contributed by atoms with Crippen LogP contribution in [0.15, 0.2) is 30.6 Å². The molecule has 0 amide bonds. The summed E-state index contributed by atoms with van der Waals surface area (Å²) in [5, 5.41) is 17.4. The first kappa shape index (κ1) is 13.0. The zero-order valence-electron chi connectivity index (χ0n) is 10.5. The highest BCUT2D eigenvalue weighted by molar-refractivity contribution is 5.60. The van der Waals surface area contributed by atoms with E-state index in [2.05, 4.69) is 10.4 Å². The van der Waals surface area contributed by atoms with Crippen LogP contribution in [0, 0.1) is 15.9 Å². The maximum absolute atomic E-state index is 13.7. The van der Waals surface area contributed by atoms with Gasteiger partial charge in [-0.25, -0.2) is 4.39 Å². The van der Waals surface area contributed by atoms with E-state index in [0.717, 1.165) is 6.07 Å². The summed E-state index contributed by atoms with van der Waals surface area (Å²) < 4.78 is 15.4. The molecule has 0 bridgehead atoms. The Kier molecular flexibility index (Phi) is 3.46. The average molecular weight is 264 g/mol. The fourth-order valence-corrected chi connectivity index (χ4v) is 1.56. The summed E-state index contributed by atoms with van der Waals surface area (Å²) in [5.41, 5.74) is 0.524. The van der Waals surface area contributed by atoms with E-state index in [0.29, 0.717) is 5.69 Å². The Balaban J connectivity index is 2.20. The number of aromatic nitrogens is 2. The van der Waals surface area contributed by atoms with Crippen LogP contribution in [-0.2, 0) is 0 Å². The lowest BCUT2D eigenvalue weighted by atomic mass is 10.2. The van der Waals surface area contributed by atoms with E-state index in [1.165, 1.54) is 12.1 Å². The molecule has 0 spiro atoms. The van der Waals surface area contributed by atoms with Crippen LogP contribution < -0.4 is 5.32 Å². The van der Waals surface area contributed by atoms with Crippen LogP contribution in [-0.4, -0.2) is 14.7 Å². The van der Waals surface area contributed by atoms with E-state index in [-0.39, 0.29) is 17.4 Å². The quantitative estimate of drug-likeness (QED) is 0.679. The highest BCUT2D eigenvalue weighted by Gasteiger charge is 2.11. The fourth-order valence-electron chi connectivity index (χ4n) is 1.56. The van der Waals surface area contributed by atoms with Gasteiger partial charge >= 0.3 is 0 Å². The highest BCUT2D eigenvalue weighted by atomic mass is 19.1. The number of non-ortho nitro benzene ring substituents is 1. The zero-order valence-corrected chi connectivity index (χ0v) is 10.5. The highest BCUT2D eigenvalue weighted by Crippen LogP contribution is 2.24. The summed E-state index contributed by atoms with van der Waals surface area (Å²) in [6.07, 6.45) is 3.31. The summed E-state index contributed by atoms with van der Waals surface area (Å²) in [6, 6.07) is 3.67. The molecule has 0 aliphatic carbocycles. The predicted molar refractivity (Wildman–Crippen MR) is 68.9 cm³/mol. The standard InChI is InChI=1S/C12H13FN4O2/c1-8(2)16-7-9(6-14-16)15-12-4-3-10(17(18)19)5-11(12)13/h3-8,15H,1-2H3. The lowest BCUT2D eigenvalue weighted by molar-refractivity contribution is -0.385. The van der Waals surface area contributed by atoms with Crippen LogP contribution >= 0.6 is 0 Å². The molecule has 0 radical (unpaired) electrons. The SMILES string of the molecule is CC(C)n1cc(Nc2ccc([N+](=O)[O-])cc2F)cn1. The number of benzene rings is 1. The summed E-state index contributed by atoms with van der Waals surface area (Å²) in [4.78, 5) is 9.87. The molecular weight excluding hydrogens is 251 g/mol. The molecule has 1 heterocycles. The van der Waals surface area contributed by atoms with Crippen molar-refractivity contribution in [1.82, 2.24) is 9.78 Å². The Bertz CT molecular complexity index is 610.